The molecular weight excluding hydrogens is 288 g/mol. The van der Waals surface area contributed by atoms with Crippen molar-refractivity contribution in [2.45, 2.75) is 58.0 Å². The van der Waals surface area contributed by atoms with Crippen LogP contribution < -0.4 is 0 Å². The third-order valence-electron chi connectivity index (χ3n) is 7.87. The minimum Gasteiger partial charge on any atom is -0.395 e. The normalized spacial score (nSPS) is 49.3. The summed E-state index contributed by atoms with van der Waals surface area (Å²) in [5.41, 5.74) is 1.68. The first-order chi connectivity index (χ1) is 10.9. The molecule has 3 heteroatoms. The number of Topliss-reactive ketones (excluding diaryl/α,β-unsaturated/α-hetero) is 1. The molecule has 0 radical (unpaired) electrons. The first-order valence-electron chi connectivity index (χ1n) is 9.14. The molecule has 0 aliphatic heterocycles. The second kappa shape index (κ2) is 5.03. The number of fused-ring (bicyclic) bond motifs is 5. The van der Waals surface area contributed by atoms with Gasteiger partial charge in [0.05, 0.1) is 12.7 Å². The molecule has 0 aromatic heterocycles. The Morgan fingerprint density at radius 3 is 2.78 bits per heavy atom. The molecule has 0 aromatic carbocycles. The number of hydrogen-bond donors (Lipinski definition) is 2. The second-order valence-corrected chi connectivity index (χ2v) is 8.61. The summed E-state index contributed by atoms with van der Waals surface area (Å²) in [6.45, 7) is 6.27. The van der Waals surface area contributed by atoms with E-state index in [2.05, 4.69) is 13.5 Å². The van der Waals surface area contributed by atoms with Gasteiger partial charge in [-0.2, -0.15) is 0 Å². The molecule has 4 aliphatic rings. The molecule has 4 rings (SSSR count). The average Bonchev–Trinajstić information content (AvgIpc) is 2.84. The van der Waals surface area contributed by atoms with Crippen molar-refractivity contribution in [1.29, 1.82) is 0 Å². The van der Waals surface area contributed by atoms with Crippen LogP contribution >= 0.6 is 0 Å². The van der Waals surface area contributed by atoms with Crippen LogP contribution in [0.1, 0.15) is 51.9 Å². The highest BCUT2D eigenvalue weighted by Gasteiger charge is 2.60. The minimum atomic E-state index is -0.539. The predicted molar refractivity (Wildman–Crippen MR) is 88.7 cm³/mol. The molecule has 4 aliphatic carbocycles. The molecule has 0 saturated heterocycles. The second-order valence-electron chi connectivity index (χ2n) is 8.61. The van der Waals surface area contributed by atoms with Gasteiger partial charge in [0.2, 0.25) is 0 Å². The van der Waals surface area contributed by atoms with E-state index in [1.165, 1.54) is 5.57 Å². The fraction of sp³-hybridized carbons (Fsp3) is 0.750. The standard InChI is InChI=1S/C20H28O3/c1-12-9-13-3-4-14-15-5-6-18(23)19(15,2)8-7-16(14)20(13,11-21)10-17(12)22/h9,14-17,21-22H,1,3-8,10-11H2,2H3/t14-,15-,16+,17?,19-,20+/m0/s1. The topological polar surface area (TPSA) is 57.5 Å². The molecule has 126 valence electrons. The Kier molecular flexibility index (Phi) is 3.41. The van der Waals surface area contributed by atoms with Crippen molar-refractivity contribution in [3.8, 4) is 0 Å². The van der Waals surface area contributed by atoms with Gasteiger partial charge in [-0.25, -0.2) is 0 Å². The molecule has 6 atom stereocenters. The fourth-order valence-electron chi connectivity index (χ4n) is 6.53. The minimum absolute atomic E-state index is 0.113. The van der Waals surface area contributed by atoms with E-state index >= 15 is 0 Å². The van der Waals surface area contributed by atoms with Crippen molar-refractivity contribution in [3.63, 3.8) is 0 Å². The highest BCUT2D eigenvalue weighted by molar-refractivity contribution is 5.87. The lowest BCUT2D eigenvalue weighted by Crippen LogP contribution is -2.54. The first-order valence-corrected chi connectivity index (χ1v) is 9.14. The van der Waals surface area contributed by atoms with Crippen LogP contribution in [0.4, 0.5) is 0 Å². The van der Waals surface area contributed by atoms with Crippen molar-refractivity contribution in [2.24, 2.45) is 28.6 Å². The molecule has 0 aromatic rings. The number of hydrogen-bond acceptors (Lipinski definition) is 3. The highest BCUT2D eigenvalue weighted by Crippen LogP contribution is 2.64. The van der Waals surface area contributed by atoms with E-state index < -0.39 is 6.10 Å². The zero-order valence-corrected chi connectivity index (χ0v) is 14.1. The number of ketones is 1. The monoisotopic (exact) mass is 316 g/mol. The summed E-state index contributed by atoms with van der Waals surface area (Å²) in [5, 5.41) is 20.7. The van der Waals surface area contributed by atoms with E-state index in [9.17, 15) is 15.0 Å². The SMILES string of the molecule is C=C1C=C2CC[C@@H]3[C@@H](CC[C@]4(C)C(=O)CC[C@@H]34)[C@@]2(CO)CC1O. The largest absolute Gasteiger partial charge is 0.395 e. The van der Waals surface area contributed by atoms with Gasteiger partial charge in [-0.1, -0.05) is 25.2 Å². The van der Waals surface area contributed by atoms with Gasteiger partial charge in [0, 0.05) is 17.3 Å². The molecule has 23 heavy (non-hydrogen) atoms. The van der Waals surface area contributed by atoms with Crippen molar-refractivity contribution in [1.82, 2.24) is 0 Å². The Labute approximate surface area is 138 Å². The van der Waals surface area contributed by atoms with Crippen molar-refractivity contribution < 1.29 is 15.0 Å². The van der Waals surface area contributed by atoms with Gasteiger partial charge in [-0.3, -0.25) is 4.79 Å². The molecule has 1 unspecified atom stereocenters. The third kappa shape index (κ3) is 1.93. The highest BCUT2D eigenvalue weighted by atomic mass is 16.3. The Bertz CT molecular complexity index is 592. The van der Waals surface area contributed by atoms with Gasteiger partial charge in [0.15, 0.2) is 0 Å². The van der Waals surface area contributed by atoms with E-state index in [0.29, 0.717) is 30.0 Å². The van der Waals surface area contributed by atoms with Crippen LogP contribution in [0, 0.1) is 28.6 Å². The summed E-state index contributed by atoms with van der Waals surface area (Å²) in [5.74, 6) is 1.85. The van der Waals surface area contributed by atoms with Crippen molar-refractivity contribution in [2.75, 3.05) is 6.61 Å². The molecule has 0 amide bonds. The summed E-state index contributed by atoms with van der Waals surface area (Å²) >= 11 is 0. The molecule has 0 bridgehead atoms. The molecule has 3 fully saturated rings. The Morgan fingerprint density at radius 1 is 1.26 bits per heavy atom. The van der Waals surface area contributed by atoms with Crippen LogP contribution in [-0.4, -0.2) is 28.7 Å². The number of carbonyl (C=O) groups excluding carboxylic acids is 1. The van der Waals surface area contributed by atoms with Crippen LogP contribution in [0.5, 0.6) is 0 Å². The average molecular weight is 316 g/mol. The van der Waals surface area contributed by atoms with Gasteiger partial charge in [0.25, 0.3) is 0 Å². The number of carbonyl (C=O) groups is 1. The maximum atomic E-state index is 12.4. The van der Waals surface area contributed by atoms with Gasteiger partial charge in [0.1, 0.15) is 5.78 Å². The summed E-state index contributed by atoms with van der Waals surface area (Å²) in [7, 11) is 0. The van der Waals surface area contributed by atoms with E-state index in [1.54, 1.807) is 0 Å². The zero-order valence-electron chi connectivity index (χ0n) is 14.1. The lowest BCUT2D eigenvalue weighted by molar-refractivity contribution is -0.134. The number of aliphatic hydroxyl groups excluding tert-OH is 2. The van der Waals surface area contributed by atoms with Crippen molar-refractivity contribution in [3.05, 3.63) is 23.8 Å². The van der Waals surface area contributed by atoms with Crippen LogP contribution in [0.15, 0.2) is 23.8 Å². The fourth-order valence-corrected chi connectivity index (χ4v) is 6.53. The first kappa shape index (κ1) is 15.6. The lowest BCUT2D eigenvalue weighted by atomic mass is 9.47. The summed E-state index contributed by atoms with van der Waals surface area (Å²) in [4.78, 5) is 12.4. The Morgan fingerprint density at radius 2 is 2.04 bits per heavy atom. The molecule has 0 heterocycles. The number of aliphatic hydroxyl groups is 2. The molecular formula is C20H28O3. The maximum absolute atomic E-state index is 12.4. The van der Waals surface area contributed by atoms with Crippen LogP contribution in [-0.2, 0) is 4.79 Å². The van der Waals surface area contributed by atoms with Crippen LogP contribution in [0.2, 0.25) is 0 Å². The van der Waals surface area contributed by atoms with Gasteiger partial charge >= 0.3 is 0 Å². The molecule has 2 N–H and O–H groups in total. The van der Waals surface area contributed by atoms with E-state index in [1.807, 2.05) is 6.08 Å². The smallest absolute Gasteiger partial charge is 0.139 e. The maximum Gasteiger partial charge on any atom is 0.139 e. The number of rotatable bonds is 1. The lowest BCUT2D eigenvalue weighted by Gasteiger charge is -2.58. The third-order valence-corrected chi connectivity index (χ3v) is 7.87. The Balaban J connectivity index is 1.74. The van der Waals surface area contributed by atoms with Crippen LogP contribution in [0.3, 0.4) is 0 Å². The van der Waals surface area contributed by atoms with E-state index in [0.717, 1.165) is 44.1 Å². The summed E-state index contributed by atoms with van der Waals surface area (Å²) < 4.78 is 0. The van der Waals surface area contributed by atoms with Gasteiger partial charge < -0.3 is 10.2 Å². The Hall–Kier alpha value is -0.930. The summed E-state index contributed by atoms with van der Waals surface area (Å²) in [6.07, 6.45) is 7.92. The quantitative estimate of drug-likeness (QED) is 0.782. The van der Waals surface area contributed by atoms with E-state index in [4.69, 9.17) is 0 Å². The molecule has 0 spiro atoms. The zero-order chi connectivity index (χ0) is 16.4. The van der Waals surface area contributed by atoms with E-state index in [-0.39, 0.29) is 17.4 Å². The summed E-state index contributed by atoms with van der Waals surface area (Å²) in [6, 6.07) is 0. The van der Waals surface area contributed by atoms with Crippen LogP contribution in [0.25, 0.3) is 0 Å². The molecule has 3 nitrogen and oxygen atoms in total. The van der Waals surface area contributed by atoms with Gasteiger partial charge in [-0.05, 0) is 61.9 Å². The molecule has 3 saturated carbocycles. The van der Waals surface area contributed by atoms with Crippen molar-refractivity contribution >= 4 is 5.78 Å². The predicted octanol–water partition coefficient (Wildman–Crippen LogP) is 3.02. The van der Waals surface area contributed by atoms with Gasteiger partial charge in [-0.15, -0.1) is 0 Å².